The number of carbonyl (C=O) groups is 1. The molecule has 0 aliphatic carbocycles. The van der Waals surface area contributed by atoms with E-state index in [1.807, 2.05) is 40.7 Å². The molecule has 1 aliphatic heterocycles. The van der Waals surface area contributed by atoms with E-state index in [1.165, 1.54) is 4.90 Å². The lowest BCUT2D eigenvalue weighted by molar-refractivity contribution is 0.0172. The summed E-state index contributed by atoms with van der Waals surface area (Å²) in [6.07, 6.45) is 1.02. The third-order valence-corrected chi connectivity index (χ3v) is 14.1. The smallest absolute Gasteiger partial charge is 0.410 e. The second-order valence-corrected chi connectivity index (χ2v) is 20.8. The summed E-state index contributed by atoms with van der Waals surface area (Å²) in [7, 11) is -0.527. The number of nitrogens with one attached hydrogen (secondary N) is 2. The van der Waals surface area contributed by atoms with E-state index in [9.17, 15) is 4.79 Å². The zero-order chi connectivity index (χ0) is 36.3. The van der Waals surface area contributed by atoms with Crippen LogP contribution in [0.2, 0.25) is 28.2 Å². The van der Waals surface area contributed by atoms with Gasteiger partial charge in [0.25, 0.3) is 0 Å². The van der Waals surface area contributed by atoms with E-state index < -0.39 is 26.1 Å². The maximum atomic E-state index is 12.9. The standard InChI is InChI=1S/C35H52Cl2N6O5Si/c1-21-28(22(2)47-42-21)30-29(37)32(39-23-14-16-38-17-15-23)41-31(40-30)26-18-24(12-13-27(26)36)45-20-25(48-49(10,11)35(6,7)8)19-43(9)33(44)46-34(3,4)5/h12-13,18,23,25,38H,14-17,19-20H2,1-11H3,(H,39,40,41)/t25-/m1/s1. The molecule has 0 saturated carbocycles. The van der Waals surface area contributed by atoms with Crippen LogP contribution in [0, 0.1) is 13.8 Å². The summed E-state index contributed by atoms with van der Waals surface area (Å²) >= 11 is 13.8. The molecule has 0 radical (unpaired) electrons. The minimum absolute atomic E-state index is 0.0477. The summed E-state index contributed by atoms with van der Waals surface area (Å²) in [5.41, 5.74) is 1.85. The van der Waals surface area contributed by atoms with E-state index in [2.05, 4.69) is 49.7 Å². The topological polar surface area (TPSA) is 124 Å². The molecule has 0 spiro atoms. The van der Waals surface area contributed by atoms with Gasteiger partial charge in [-0.2, -0.15) is 0 Å². The quantitative estimate of drug-likeness (QED) is 0.185. The highest BCUT2D eigenvalue weighted by Gasteiger charge is 2.40. The second-order valence-electron chi connectivity index (χ2n) is 15.2. The van der Waals surface area contributed by atoms with Gasteiger partial charge in [0.05, 0.1) is 28.9 Å². The van der Waals surface area contributed by atoms with Crippen molar-refractivity contribution in [2.45, 2.75) is 104 Å². The summed E-state index contributed by atoms with van der Waals surface area (Å²) in [5, 5.41) is 11.9. The number of halogens is 2. The molecule has 1 fully saturated rings. The third-order valence-electron chi connectivity index (χ3n) is 8.87. The fraction of sp³-hybridized carbons (Fsp3) is 0.600. The number of aromatic nitrogens is 3. The highest BCUT2D eigenvalue weighted by molar-refractivity contribution is 6.74. The Morgan fingerprint density at radius 2 is 1.80 bits per heavy atom. The van der Waals surface area contributed by atoms with Crippen molar-refractivity contribution in [1.29, 1.82) is 0 Å². The van der Waals surface area contributed by atoms with E-state index in [-0.39, 0.29) is 24.2 Å². The number of hydrogen-bond acceptors (Lipinski definition) is 10. The fourth-order valence-corrected chi connectivity index (χ4v) is 6.97. The number of carbonyl (C=O) groups excluding carboxylic acids is 1. The summed E-state index contributed by atoms with van der Waals surface area (Å²) < 4.78 is 24.2. The Labute approximate surface area is 301 Å². The van der Waals surface area contributed by atoms with Gasteiger partial charge in [-0.05, 0) is 96.9 Å². The lowest BCUT2D eigenvalue weighted by atomic mass is 10.1. The molecule has 14 heteroatoms. The predicted molar refractivity (Wildman–Crippen MR) is 198 cm³/mol. The molecular weight excluding hydrogens is 683 g/mol. The number of aryl methyl sites for hydroxylation is 2. The van der Waals surface area contributed by atoms with Gasteiger partial charge in [-0.25, -0.2) is 14.8 Å². The number of ether oxygens (including phenoxy) is 2. The predicted octanol–water partition coefficient (Wildman–Crippen LogP) is 8.52. The summed E-state index contributed by atoms with van der Waals surface area (Å²) in [4.78, 5) is 24.2. The van der Waals surface area contributed by atoms with Crippen molar-refractivity contribution in [3.05, 3.63) is 39.7 Å². The first-order valence-electron chi connectivity index (χ1n) is 16.8. The number of benzene rings is 1. The molecule has 49 heavy (non-hydrogen) atoms. The van der Waals surface area contributed by atoms with Gasteiger partial charge in [-0.15, -0.1) is 0 Å². The molecule has 1 atom stereocenters. The molecule has 0 unspecified atom stereocenters. The Morgan fingerprint density at radius 1 is 1.12 bits per heavy atom. The first-order chi connectivity index (χ1) is 22.8. The van der Waals surface area contributed by atoms with Gasteiger partial charge in [0.1, 0.15) is 40.3 Å². The van der Waals surface area contributed by atoms with Gasteiger partial charge in [-0.1, -0.05) is 49.1 Å². The van der Waals surface area contributed by atoms with Crippen molar-refractivity contribution >= 4 is 43.4 Å². The molecule has 4 rings (SSSR count). The number of piperidine rings is 1. The van der Waals surface area contributed by atoms with Crippen LogP contribution in [-0.2, 0) is 9.16 Å². The maximum Gasteiger partial charge on any atom is 0.410 e. The van der Waals surface area contributed by atoms with Crippen molar-refractivity contribution in [3.8, 4) is 28.4 Å². The van der Waals surface area contributed by atoms with E-state index in [4.69, 9.17) is 51.6 Å². The van der Waals surface area contributed by atoms with Gasteiger partial charge in [0.2, 0.25) is 0 Å². The van der Waals surface area contributed by atoms with E-state index in [0.717, 1.165) is 25.9 Å². The molecule has 270 valence electrons. The highest BCUT2D eigenvalue weighted by atomic mass is 35.5. The van der Waals surface area contributed by atoms with Gasteiger partial charge in [0, 0.05) is 18.7 Å². The largest absolute Gasteiger partial charge is 0.491 e. The number of likely N-dealkylation sites (N-methyl/N-ethyl adjacent to an activating group) is 1. The molecule has 1 amide bonds. The first-order valence-corrected chi connectivity index (χ1v) is 20.4. The van der Waals surface area contributed by atoms with Crippen LogP contribution < -0.4 is 15.4 Å². The van der Waals surface area contributed by atoms with Crippen LogP contribution in [0.4, 0.5) is 10.6 Å². The van der Waals surface area contributed by atoms with Gasteiger partial charge < -0.3 is 34.0 Å². The minimum Gasteiger partial charge on any atom is -0.491 e. The molecule has 1 aromatic carbocycles. The van der Waals surface area contributed by atoms with Crippen molar-refractivity contribution in [2.75, 3.05) is 38.6 Å². The fourth-order valence-electron chi connectivity index (χ4n) is 5.20. The molecule has 3 heterocycles. The number of anilines is 1. The van der Waals surface area contributed by atoms with Crippen molar-refractivity contribution in [2.24, 2.45) is 0 Å². The zero-order valence-corrected chi connectivity index (χ0v) is 33.2. The number of nitrogens with zero attached hydrogens (tertiary/aromatic N) is 4. The first kappa shape index (κ1) is 38.9. The second kappa shape index (κ2) is 15.5. The zero-order valence-electron chi connectivity index (χ0n) is 30.7. The molecule has 2 N–H and O–H groups in total. The number of rotatable bonds is 11. The van der Waals surface area contributed by atoms with Gasteiger partial charge in [0.15, 0.2) is 14.1 Å². The van der Waals surface area contributed by atoms with Crippen LogP contribution in [0.1, 0.15) is 65.8 Å². The molecule has 11 nitrogen and oxygen atoms in total. The van der Waals surface area contributed by atoms with Crippen LogP contribution in [0.3, 0.4) is 0 Å². The van der Waals surface area contributed by atoms with Gasteiger partial charge in [-0.3, -0.25) is 0 Å². The summed E-state index contributed by atoms with van der Waals surface area (Å²) in [6.45, 7) is 22.4. The molecule has 1 saturated heterocycles. The van der Waals surface area contributed by atoms with Crippen LogP contribution >= 0.6 is 23.2 Å². The van der Waals surface area contributed by atoms with Crippen molar-refractivity contribution < 1.29 is 23.2 Å². The SMILES string of the molecule is Cc1noc(C)c1-c1nc(-c2cc(OC[C@@H](CN(C)C(=O)OC(C)(C)C)O[Si](C)(C)C(C)(C)C)ccc2Cl)nc(NC2CCNCC2)c1Cl. The Kier molecular flexibility index (Phi) is 12.3. The van der Waals surface area contributed by atoms with Gasteiger partial charge >= 0.3 is 6.09 Å². The minimum atomic E-state index is -2.24. The van der Waals surface area contributed by atoms with Crippen LogP contribution in [-0.4, -0.2) is 85.5 Å². The Balaban J connectivity index is 1.67. The Hall–Kier alpha value is -2.90. The summed E-state index contributed by atoms with van der Waals surface area (Å²) in [5.74, 6) is 2.05. The lowest BCUT2D eigenvalue weighted by Gasteiger charge is -2.40. The Bertz CT molecular complexity index is 1600. The van der Waals surface area contributed by atoms with Crippen molar-refractivity contribution in [1.82, 2.24) is 25.3 Å². The van der Waals surface area contributed by atoms with E-state index in [0.29, 0.717) is 55.7 Å². The Morgan fingerprint density at radius 3 is 2.39 bits per heavy atom. The molecule has 1 aliphatic rings. The molecule has 2 aromatic heterocycles. The highest BCUT2D eigenvalue weighted by Crippen LogP contribution is 2.40. The summed E-state index contributed by atoms with van der Waals surface area (Å²) in [6, 6.07) is 5.57. The lowest BCUT2D eigenvalue weighted by Crippen LogP contribution is -2.49. The molecule has 0 bridgehead atoms. The van der Waals surface area contributed by atoms with Crippen molar-refractivity contribution in [3.63, 3.8) is 0 Å². The van der Waals surface area contributed by atoms with E-state index in [1.54, 1.807) is 19.2 Å². The third kappa shape index (κ3) is 10.1. The van der Waals surface area contributed by atoms with Crippen LogP contribution in [0.15, 0.2) is 22.7 Å². The average Bonchev–Trinajstić information content (AvgIpc) is 3.33. The van der Waals surface area contributed by atoms with E-state index >= 15 is 0 Å². The van der Waals surface area contributed by atoms with Crippen LogP contribution in [0.5, 0.6) is 5.75 Å². The number of amides is 1. The monoisotopic (exact) mass is 734 g/mol. The maximum absolute atomic E-state index is 12.9. The number of hydrogen-bond donors (Lipinski definition) is 2. The average molecular weight is 736 g/mol. The molecular formula is C35H52Cl2N6O5Si. The normalized spacial score (nSPS) is 15.2. The van der Waals surface area contributed by atoms with Crippen LogP contribution in [0.25, 0.3) is 22.6 Å². The molecule has 3 aromatic rings.